The van der Waals surface area contributed by atoms with Gasteiger partial charge in [-0.2, -0.15) is 0 Å². The summed E-state index contributed by atoms with van der Waals surface area (Å²) in [4.78, 5) is 4.50. The highest BCUT2D eigenvalue weighted by molar-refractivity contribution is 7.89. The Morgan fingerprint density at radius 2 is 2.33 bits per heavy atom. The number of hydrogen-bond acceptors (Lipinski definition) is 5. The summed E-state index contributed by atoms with van der Waals surface area (Å²) in [5.41, 5.74) is 2.08. The topological polar surface area (TPSA) is 71.1 Å². The molecule has 0 amide bonds. The van der Waals surface area contributed by atoms with Gasteiger partial charge in [0.2, 0.25) is 10.0 Å². The van der Waals surface area contributed by atoms with Crippen LogP contribution >= 0.6 is 11.3 Å². The van der Waals surface area contributed by atoms with E-state index in [4.69, 9.17) is 0 Å². The summed E-state index contributed by atoms with van der Waals surface area (Å²) < 4.78 is 27.8. The van der Waals surface area contributed by atoms with Crippen LogP contribution in [0.1, 0.15) is 30.0 Å². The molecule has 1 aliphatic heterocycles. The van der Waals surface area contributed by atoms with Gasteiger partial charge in [-0.05, 0) is 30.5 Å². The molecule has 0 aliphatic carbocycles. The van der Waals surface area contributed by atoms with Crippen molar-refractivity contribution in [1.29, 1.82) is 0 Å². The summed E-state index contributed by atoms with van der Waals surface area (Å²) in [5.74, 6) is 0. The maximum absolute atomic E-state index is 12.5. The lowest BCUT2D eigenvalue weighted by Crippen LogP contribution is -2.28. The Balaban J connectivity index is 1.86. The van der Waals surface area contributed by atoms with Crippen LogP contribution in [0.3, 0.4) is 0 Å². The van der Waals surface area contributed by atoms with E-state index in [1.54, 1.807) is 18.3 Å². The largest absolute Gasteiger partial charge is 0.384 e. The number of benzene rings is 1. The highest BCUT2D eigenvalue weighted by Gasteiger charge is 2.23. The average molecular weight is 323 g/mol. The van der Waals surface area contributed by atoms with Gasteiger partial charge in [0, 0.05) is 23.8 Å². The van der Waals surface area contributed by atoms with Crippen molar-refractivity contribution in [3.05, 3.63) is 40.3 Å². The molecule has 1 aromatic carbocycles. The minimum absolute atomic E-state index is 0.281. The zero-order chi connectivity index (χ0) is 14.9. The van der Waals surface area contributed by atoms with Crippen LogP contribution in [0.5, 0.6) is 0 Å². The second kappa shape index (κ2) is 5.75. The molecule has 0 saturated carbocycles. The van der Waals surface area contributed by atoms with Crippen molar-refractivity contribution in [2.45, 2.75) is 30.7 Å². The fourth-order valence-electron chi connectivity index (χ4n) is 2.41. The lowest BCUT2D eigenvalue weighted by molar-refractivity contribution is 0.549. The van der Waals surface area contributed by atoms with Gasteiger partial charge < -0.3 is 5.32 Å². The predicted octanol–water partition coefficient (Wildman–Crippen LogP) is 2.54. The van der Waals surface area contributed by atoms with Crippen LogP contribution in [0.15, 0.2) is 34.7 Å². The molecule has 21 heavy (non-hydrogen) atoms. The van der Waals surface area contributed by atoms with Gasteiger partial charge in [-0.25, -0.2) is 18.1 Å². The smallest absolute Gasteiger partial charge is 0.241 e. The number of nitrogens with one attached hydrogen (secondary N) is 2. The van der Waals surface area contributed by atoms with Crippen LogP contribution in [0.2, 0.25) is 0 Å². The van der Waals surface area contributed by atoms with E-state index in [0.29, 0.717) is 11.3 Å². The van der Waals surface area contributed by atoms with Crippen LogP contribution in [0.25, 0.3) is 0 Å². The van der Waals surface area contributed by atoms with Crippen LogP contribution in [-0.4, -0.2) is 19.9 Å². The van der Waals surface area contributed by atoms with Crippen molar-refractivity contribution in [2.24, 2.45) is 0 Å². The van der Waals surface area contributed by atoms with Crippen molar-refractivity contribution in [3.63, 3.8) is 0 Å². The Morgan fingerprint density at radius 1 is 1.48 bits per heavy atom. The molecule has 112 valence electrons. The number of anilines is 1. The highest BCUT2D eigenvalue weighted by Crippen LogP contribution is 2.27. The first kappa shape index (κ1) is 14.5. The molecule has 0 fully saturated rings. The van der Waals surface area contributed by atoms with Gasteiger partial charge in [0.25, 0.3) is 0 Å². The maximum Gasteiger partial charge on any atom is 0.241 e. The molecule has 1 aliphatic rings. The first-order chi connectivity index (χ1) is 10.1. The van der Waals surface area contributed by atoms with E-state index in [1.165, 1.54) is 16.9 Å². The minimum Gasteiger partial charge on any atom is -0.384 e. The third-order valence-corrected chi connectivity index (χ3v) is 5.92. The SMILES string of the molecule is CCC(NS(=O)(=O)c1ccc2c(c1)NCC2)c1nccs1. The second-order valence-corrected chi connectivity index (χ2v) is 7.59. The summed E-state index contributed by atoms with van der Waals surface area (Å²) in [6.45, 7) is 2.81. The van der Waals surface area contributed by atoms with Gasteiger partial charge in [-0.1, -0.05) is 13.0 Å². The molecular formula is C14H17N3O2S2. The van der Waals surface area contributed by atoms with Gasteiger partial charge in [0.05, 0.1) is 10.9 Å². The molecule has 3 rings (SSSR count). The van der Waals surface area contributed by atoms with E-state index >= 15 is 0 Å². The summed E-state index contributed by atoms with van der Waals surface area (Å²) >= 11 is 1.46. The lowest BCUT2D eigenvalue weighted by atomic mass is 10.2. The van der Waals surface area contributed by atoms with Crippen molar-refractivity contribution >= 4 is 27.0 Å². The maximum atomic E-state index is 12.5. The molecule has 7 heteroatoms. The highest BCUT2D eigenvalue weighted by atomic mass is 32.2. The van der Waals surface area contributed by atoms with Gasteiger partial charge in [0.15, 0.2) is 0 Å². The second-order valence-electron chi connectivity index (χ2n) is 4.95. The molecule has 0 bridgehead atoms. The van der Waals surface area contributed by atoms with Crippen LogP contribution < -0.4 is 10.0 Å². The molecule has 1 atom stereocenters. The van der Waals surface area contributed by atoms with Crippen LogP contribution in [0.4, 0.5) is 5.69 Å². The summed E-state index contributed by atoms with van der Waals surface area (Å²) in [7, 11) is -3.54. The normalized spacial score (nSPS) is 15.5. The van der Waals surface area contributed by atoms with Gasteiger partial charge in [-0.3, -0.25) is 0 Å². The zero-order valence-electron chi connectivity index (χ0n) is 11.7. The van der Waals surface area contributed by atoms with Crippen molar-refractivity contribution < 1.29 is 8.42 Å². The van der Waals surface area contributed by atoms with Gasteiger partial charge >= 0.3 is 0 Å². The third-order valence-electron chi connectivity index (χ3n) is 3.56. The third kappa shape index (κ3) is 2.95. The van der Waals surface area contributed by atoms with E-state index in [1.807, 2.05) is 18.4 Å². The quantitative estimate of drug-likeness (QED) is 0.887. The first-order valence-electron chi connectivity index (χ1n) is 6.88. The Labute approximate surface area is 128 Å². The van der Waals surface area contributed by atoms with Crippen molar-refractivity contribution in [2.75, 3.05) is 11.9 Å². The van der Waals surface area contributed by atoms with E-state index in [-0.39, 0.29) is 6.04 Å². The number of nitrogens with zero attached hydrogens (tertiary/aromatic N) is 1. The van der Waals surface area contributed by atoms with Gasteiger partial charge in [-0.15, -0.1) is 11.3 Å². The van der Waals surface area contributed by atoms with Crippen LogP contribution in [-0.2, 0) is 16.4 Å². The average Bonchev–Trinajstić information content (AvgIpc) is 3.14. The molecule has 0 radical (unpaired) electrons. The molecule has 1 aromatic heterocycles. The zero-order valence-corrected chi connectivity index (χ0v) is 13.3. The first-order valence-corrected chi connectivity index (χ1v) is 9.25. The number of sulfonamides is 1. The number of hydrogen-bond donors (Lipinski definition) is 2. The van der Waals surface area contributed by atoms with Gasteiger partial charge in [0.1, 0.15) is 5.01 Å². The molecule has 1 unspecified atom stereocenters. The summed E-state index contributed by atoms with van der Waals surface area (Å²) in [5, 5.41) is 5.85. The van der Waals surface area contributed by atoms with E-state index < -0.39 is 10.0 Å². The molecule has 2 heterocycles. The fraction of sp³-hybridized carbons (Fsp3) is 0.357. The van der Waals surface area contributed by atoms with Crippen molar-refractivity contribution in [3.8, 4) is 0 Å². The molecular weight excluding hydrogens is 306 g/mol. The van der Waals surface area contributed by atoms with Crippen molar-refractivity contribution in [1.82, 2.24) is 9.71 Å². The number of fused-ring (bicyclic) bond motifs is 1. The number of rotatable bonds is 5. The van der Waals surface area contributed by atoms with E-state index in [0.717, 1.165) is 23.7 Å². The minimum atomic E-state index is -3.54. The monoisotopic (exact) mass is 323 g/mol. The summed E-state index contributed by atoms with van der Waals surface area (Å²) in [6.07, 6.45) is 3.30. The van der Waals surface area contributed by atoms with E-state index in [9.17, 15) is 8.42 Å². The Bertz CT molecular complexity index is 727. The predicted molar refractivity (Wildman–Crippen MR) is 84.1 cm³/mol. The molecule has 5 nitrogen and oxygen atoms in total. The molecule has 0 saturated heterocycles. The standard InChI is InChI=1S/C14H17N3O2S2/c1-2-12(14-16-7-8-20-14)17-21(18,19)11-4-3-10-5-6-15-13(10)9-11/h3-4,7-9,12,15,17H,2,5-6H2,1H3. The fourth-order valence-corrected chi connectivity index (χ4v) is 4.56. The Morgan fingerprint density at radius 3 is 3.05 bits per heavy atom. The molecule has 2 aromatic rings. The Kier molecular flexibility index (Phi) is 3.97. The summed E-state index contributed by atoms with van der Waals surface area (Å²) in [6, 6.07) is 4.98. The molecule has 0 spiro atoms. The Hall–Kier alpha value is -1.44. The number of thiazole rings is 1. The van der Waals surface area contributed by atoms with Crippen LogP contribution in [0, 0.1) is 0 Å². The van der Waals surface area contributed by atoms with E-state index in [2.05, 4.69) is 15.0 Å². The molecule has 2 N–H and O–H groups in total. The lowest BCUT2D eigenvalue weighted by Gasteiger charge is -2.15. The number of aromatic nitrogens is 1.